The molecular weight excluding hydrogens is 150 g/mol. The van der Waals surface area contributed by atoms with Gasteiger partial charge in [-0.15, -0.1) is 0 Å². The third-order valence-electron chi connectivity index (χ3n) is 2.61. The van der Waals surface area contributed by atoms with Crippen molar-refractivity contribution in [1.82, 2.24) is 9.78 Å². The van der Waals surface area contributed by atoms with Crippen LogP contribution in [0.5, 0.6) is 0 Å². The summed E-state index contributed by atoms with van der Waals surface area (Å²) in [6.45, 7) is 3.08. The summed E-state index contributed by atoms with van der Waals surface area (Å²) in [4.78, 5) is 0. The number of aromatic nitrogens is 2. The number of hydrogen-bond acceptors (Lipinski definition) is 2. The zero-order chi connectivity index (χ0) is 8.55. The van der Waals surface area contributed by atoms with Crippen LogP contribution in [0, 0.1) is 0 Å². The highest BCUT2D eigenvalue weighted by molar-refractivity contribution is 5.24. The van der Waals surface area contributed by atoms with E-state index in [0.717, 1.165) is 19.4 Å². The lowest BCUT2D eigenvalue weighted by atomic mass is 9.94. The first-order valence-corrected chi connectivity index (χ1v) is 4.63. The fraction of sp³-hybridized carbons (Fsp3) is 0.667. The van der Waals surface area contributed by atoms with Gasteiger partial charge in [-0.05, 0) is 26.2 Å². The van der Waals surface area contributed by atoms with Gasteiger partial charge in [0.2, 0.25) is 0 Å². The van der Waals surface area contributed by atoms with Gasteiger partial charge in [0, 0.05) is 23.8 Å². The van der Waals surface area contributed by atoms with E-state index in [-0.39, 0.29) is 6.04 Å². The van der Waals surface area contributed by atoms with Crippen LogP contribution in [-0.2, 0) is 13.0 Å². The Hall–Kier alpha value is -0.830. The average molecular weight is 165 g/mol. The molecule has 0 radical (unpaired) electrons. The van der Waals surface area contributed by atoms with Crippen LogP contribution in [-0.4, -0.2) is 9.78 Å². The molecule has 2 N–H and O–H groups in total. The predicted octanol–water partition coefficient (Wildman–Crippen LogP) is 1.24. The molecule has 0 aliphatic heterocycles. The van der Waals surface area contributed by atoms with Gasteiger partial charge in [0.05, 0.1) is 6.20 Å². The van der Waals surface area contributed by atoms with Crippen LogP contribution in [0.1, 0.15) is 37.1 Å². The van der Waals surface area contributed by atoms with Crippen molar-refractivity contribution in [1.29, 1.82) is 0 Å². The fourth-order valence-corrected chi connectivity index (χ4v) is 1.93. The molecule has 1 aromatic heterocycles. The van der Waals surface area contributed by atoms with Gasteiger partial charge in [-0.3, -0.25) is 4.68 Å². The average Bonchev–Trinajstić information content (AvgIpc) is 2.49. The molecule has 1 aliphatic carbocycles. The minimum atomic E-state index is 0.231. The minimum Gasteiger partial charge on any atom is -0.324 e. The number of rotatable bonds is 1. The Bertz CT molecular complexity index is 277. The molecule has 1 heterocycles. The van der Waals surface area contributed by atoms with Crippen LogP contribution in [0.25, 0.3) is 0 Å². The first-order chi connectivity index (χ1) is 5.83. The molecule has 3 nitrogen and oxygen atoms in total. The highest BCUT2D eigenvalue weighted by atomic mass is 15.3. The first kappa shape index (κ1) is 7.80. The van der Waals surface area contributed by atoms with Crippen LogP contribution in [0.2, 0.25) is 0 Å². The molecular formula is C9H15N3. The summed E-state index contributed by atoms with van der Waals surface area (Å²) in [7, 11) is 0. The van der Waals surface area contributed by atoms with Crippen molar-refractivity contribution in [3.63, 3.8) is 0 Å². The van der Waals surface area contributed by atoms with E-state index in [1.54, 1.807) is 0 Å². The lowest BCUT2D eigenvalue weighted by Gasteiger charge is -2.18. The second-order valence-electron chi connectivity index (χ2n) is 3.36. The van der Waals surface area contributed by atoms with Crippen molar-refractivity contribution in [2.75, 3.05) is 0 Å². The quantitative estimate of drug-likeness (QED) is 0.680. The van der Waals surface area contributed by atoms with E-state index in [0.29, 0.717) is 0 Å². The molecule has 1 atom stereocenters. The fourth-order valence-electron chi connectivity index (χ4n) is 1.93. The van der Waals surface area contributed by atoms with Crippen molar-refractivity contribution in [3.05, 3.63) is 17.5 Å². The highest BCUT2D eigenvalue weighted by Gasteiger charge is 2.20. The van der Waals surface area contributed by atoms with E-state index in [9.17, 15) is 0 Å². The van der Waals surface area contributed by atoms with Crippen molar-refractivity contribution < 1.29 is 0 Å². The SMILES string of the molecule is CCn1ncc2c1CCC[C@@H]2N. The summed E-state index contributed by atoms with van der Waals surface area (Å²) in [6.07, 6.45) is 5.40. The van der Waals surface area contributed by atoms with E-state index in [4.69, 9.17) is 5.73 Å². The topological polar surface area (TPSA) is 43.8 Å². The smallest absolute Gasteiger partial charge is 0.0540 e. The molecule has 3 heteroatoms. The van der Waals surface area contributed by atoms with Crippen LogP contribution in [0.15, 0.2) is 6.20 Å². The van der Waals surface area contributed by atoms with Crippen LogP contribution < -0.4 is 5.73 Å². The van der Waals surface area contributed by atoms with Crippen LogP contribution in [0.4, 0.5) is 0 Å². The maximum atomic E-state index is 5.96. The number of nitrogens with zero attached hydrogens (tertiary/aromatic N) is 2. The molecule has 1 aromatic rings. The molecule has 1 aliphatic rings. The molecule has 0 aromatic carbocycles. The van der Waals surface area contributed by atoms with Gasteiger partial charge in [-0.1, -0.05) is 0 Å². The van der Waals surface area contributed by atoms with E-state index in [2.05, 4.69) is 16.7 Å². The lowest BCUT2D eigenvalue weighted by molar-refractivity contribution is 0.532. The molecule has 66 valence electrons. The Morgan fingerprint density at radius 2 is 2.58 bits per heavy atom. The third kappa shape index (κ3) is 1.05. The Morgan fingerprint density at radius 1 is 1.75 bits per heavy atom. The van der Waals surface area contributed by atoms with Gasteiger partial charge in [-0.25, -0.2) is 0 Å². The summed E-state index contributed by atoms with van der Waals surface area (Å²) in [5.41, 5.74) is 8.59. The second kappa shape index (κ2) is 2.90. The van der Waals surface area contributed by atoms with Gasteiger partial charge in [-0.2, -0.15) is 5.10 Å². The predicted molar refractivity (Wildman–Crippen MR) is 47.8 cm³/mol. The van der Waals surface area contributed by atoms with Crippen LogP contribution >= 0.6 is 0 Å². The maximum Gasteiger partial charge on any atom is 0.0540 e. The number of nitrogens with two attached hydrogens (primary N) is 1. The number of fused-ring (bicyclic) bond motifs is 1. The monoisotopic (exact) mass is 165 g/mol. The van der Waals surface area contributed by atoms with Gasteiger partial charge < -0.3 is 5.73 Å². The Kier molecular flexibility index (Phi) is 1.89. The largest absolute Gasteiger partial charge is 0.324 e. The van der Waals surface area contributed by atoms with Gasteiger partial charge in [0.1, 0.15) is 0 Å². The van der Waals surface area contributed by atoms with Gasteiger partial charge in [0.15, 0.2) is 0 Å². The molecule has 0 amide bonds. The minimum absolute atomic E-state index is 0.231. The molecule has 0 saturated heterocycles. The molecule has 12 heavy (non-hydrogen) atoms. The molecule has 2 rings (SSSR count). The first-order valence-electron chi connectivity index (χ1n) is 4.63. The van der Waals surface area contributed by atoms with Crippen molar-refractivity contribution in [2.45, 2.75) is 38.8 Å². The molecule has 0 unspecified atom stereocenters. The Balaban J connectivity index is 2.41. The van der Waals surface area contributed by atoms with E-state index < -0.39 is 0 Å². The molecule has 0 fully saturated rings. The number of hydrogen-bond donors (Lipinski definition) is 1. The van der Waals surface area contributed by atoms with E-state index in [1.165, 1.54) is 17.7 Å². The second-order valence-corrected chi connectivity index (χ2v) is 3.36. The maximum absolute atomic E-state index is 5.96. The Morgan fingerprint density at radius 3 is 3.33 bits per heavy atom. The van der Waals surface area contributed by atoms with E-state index in [1.807, 2.05) is 6.20 Å². The zero-order valence-electron chi connectivity index (χ0n) is 7.45. The van der Waals surface area contributed by atoms with Crippen molar-refractivity contribution in [3.8, 4) is 0 Å². The van der Waals surface area contributed by atoms with Crippen molar-refractivity contribution in [2.24, 2.45) is 5.73 Å². The normalized spacial score (nSPS) is 22.3. The summed E-state index contributed by atoms with van der Waals surface area (Å²) < 4.78 is 2.06. The molecule has 0 saturated carbocycles. The third-order valence-corrected chi connectivity index (χ3v) is 2.61. The number of aryl methyl sites for hydroxylation is 1. The van der Waals surface area contributed by atoms with Crippen molar-refractivity contribution >= 4 is 0 Å². The lowest BCUT2D eigenvalue weighted by Crippen LogP contribution is -2.18. The summed E-state index contributed by atoms with van der Waals surface area (Å²) in [6, 6.07) is 0.231. The summed E-state index contributed by atoms with van der Waals surface area (Å²) >= 11 is 0. The van der Waals surface area contributed by atoms with Gasteiger partial charge >= 0.3 is 0 Å². The summed E-state index contributed by atoms with van der Waals surface area (Å²) in [5, 5.41) is 4.30. The standard InChI is InChI=1S/C9H15N3/c1-2-12-9-5-3-4-8(10)7(9)6-11-12/h6,8H,2-5,10H2,1H3/t8-/m0/s1. The summed E-state index contributed by atoms with van der Waals surface area (Å²) in [5.74, 6) is 0. The molecule has 0 bridgehead atoms. The van der Waals surface area contributed by atoms with Gasteiger partial charge in [0.25, 0.3) is 0 Å². The van der Waals surface area contributed by atoms with Crippen LogP contribution in [0.3, 0.4) is 0 Å². The van der Waals surface area contributed by atoms with E-state index >= 15 is 0 Å². The zero-order valence-corrected chi connectivity index (χ0v) is 7.45. The highest BCUT2D eigenvalue weighted by Crippen LogP contribution is 2.27. The molecule has 0 spiro atoms. The Labute approximate surface area is 72.6 Å².